The smallest absolute Gasteiger partial charge is 0.335 e. The number of hydrogen-bond donors (Lipinski definition) is 2. The highest BCUT2D eigenvalue weighted by Gasteiger charge is 2.28. The van der Waals surface area contributed by atoms with Crippen LogP contribution in [-0.2, 0) is 9.53 Å². The summed E-state index contributed by atoms with van der Waals surface area (Å²) in [5.74, 6) is -1.94. The summed E-state index contributed by atoms with van der Waals surface area (Å²) in [7, 11) is 0. The van der Waals surface area contributed by atoms with E-state index in [9.17, 15) is 14.4 Å². The monoisotopic (exact) mass is 278 g/mol. The quantitative estimate of drug-likeness (QED) is 0.789. The van der Waals surface area contributed by atoms with Gasteiger partial charge in [0.1, 0.15) is 0 Å². The van der Waals surface area contributed by atoms with Crippen molar-refractivity contribution in [1.82, 2.24) is 4.90 Å². The van der Waals surface area contributed by atoms with E-state index >= 15 is 0 Å². The van der Waals surface area contributed by atoms with Gasteiger partial charge in [0.15, 0.2) is 6.10 Å². The lowest BCUT2D eigenvalue weighted by Crippen LogP contribution is -2.50. The van der Waals surface area contributed by atoms with Crippen molar-refractivity contribution in [2.75, 3.05) is 19.7 Å². The van der Waals surface area contributed by atoms with Crippen LogP contribution in [0, 0.1) is 0 Å². The lowest BCUT2D eigenvalue weighted by molar-refractivity contribution is -0.133. The second-order valence-electron chi connectivity index (χ2n) is 4.40. The fourth-order valence-electron chi connectivity index (χ4n) is 1.94. The molecule has 0 bridgehead atoms. The third-order valence-corrected chi connectivity index (χ3v) is 3.05. The van der Waals surface area contributed by atoms with E-state index in [0.29, 0.717) is 12.1 Å². The van der Waals surface area contributed by atoms with Gasteiger partial charge in [-0.05, 0) is 24.3 Å². The van der Waals surface area contributed by atoms with Crippen molar-refractivity contribution in [3.05, 3.63) is 35.4 Å². The number of amides is 2. The maximum Gasteiger partial charge on any atom is 0.335 e. The number of nitrogens with zero attached hydrogens (tertiary/aromatic N) is 1. The van der Waals surface area contributed by atoms with E-state index in [4.69, 9.17) is 15.6 Å². The topological polar surface area (TPSA) is 110 Å². The Kier molecular flexibility index (Phi) is 3.99. The van der Waals surface area contributed by atoms with Crippen LogP contribution in [0.4, 0.5) is 0 Å². The second-order valence-corrected chi connectivity index (χ2v) is 4.40. The highest BCUT2D eigenvalue weighted by atomic mass is 16.5. The molecule has 0 aromatic heterocycles. The Balaban J connectivity index is 2.10. The predicted octanol–water partition coefficient (Wildman–Crippen LogP) is -0.289. The molecule has 2 rings (SSSR count). The first-order valence-corrected chi connectivity index (χ1v) is 6.02. The second kappa shape index (κ2) is 5.70. The minimum Gasteiger partial charge on any atom is -0.478 e. The Morgan fingerprint density at radius 1 is 1.20 bits per heavy atom. The van der Waals surface area contributed by atoms with Crippen molar-refractivity contribution < 1.29 is 24.2 Å². The highest BCUT2D eigenvalue weighted by molar-refractivity contribution is 5.96. The first-order valence-electron chi connectivity index (χ1n) is 6.02. The maximum atomic E-state index is 12.2. The SMILES string of the molecule is NC(=O)[C@@H]1CN(C(=O)c2ccc(C(=O)O)cc2)CCO1. The number of nitrogens with two attached hydrogens (primary N) is 1. The third kappa shape index (κ3) is 2.94. The normalized spacial score (nSPS) is 18.6. The number of primary amides is 1. The minimum atomic E-state index is -1.05. The number of carbonyl (C=O) groups excluding carboxylic acids is 2. The number of ether oxygens (including phenoxy) is 1. The van der Waals surface area contributed by atoms with Crippen LogP contribution in [0.3, 0.4) is 0 Å². The van der Waals surface area contributed by atoms with Crippen molar-refractivity contribution in [3.8, 4) is 0 Å². The Bertz CT molecular complexity index is 540. The number of carbonyl (C=O) groups is 3. The zero-order chi connectivity index (χ0) is 14.7. The fraction of sp³-hybridized carbons (Fsp3) is 0.308. The van der Waals surface area contributed by atoms with Crippen molar-refractivity contribution in [3.63, 3.8) is 0 Å². The highest BCUT2D eigenvalue weighted by Crippen LogP contribution is 2.12. The molecule has 1 aromatic carbocycles. The minimum absolute atomic E-state index is 0.106. The molecule has 106 valence electrons. The maximum absolute atomic E-state index is 12.2. The van der Waals surface area contributed by atoms with Crippen LogP contribution in [0.25, 0.3) is 0 Å². The van der Waals surface area contributed by atoms with E-state index in [0.717, 1.165) is 0 Å². The van der Waals surface area contributed by atoms with Crippen molar-refractivity contribution in [2.24, 2.45) is 5.73 Å². The van der Waals surface area contributed by atoms with E-state index in [2.05, 4.69) is 0 Å². The molecule has 2 amide bonds. The standard InChI is InChI=1S/C13H14N2O5/c14-11(16)10-7-15(5-6-20-10)12(17)8-1-3-9(4-2-8)13(18)19/h1-4,10H,5-7H2,(H2,14,16)(H,18,19)/t10-/m0/s1. The van der Waals surface area contributed by atoms with E-state index in [1.54, 1.807) is 0 Å². The molecule has 0 radical (unpaired) electrons. The number of aromatic carboxylic acids is 1. The van der Waals surface area contributed by atoms with Crippen LogP contribution >= 0.6 is 0 Å². The molecule has 0 spiro atoms. The third-order valence-electron chi connectivity index (χ3n) is 3.05. The zero-order valence-electron chi connectivity index (χ0n) is 10.6. The van der Waals surface area contributed by atoms with Gasteiger partial charge in [-0.3, -0.25) is 9.59 Å². The van der Waals surface area contributed by atoms with Crippen LogP contribution < -0.4 is 5.73 Å². The van der Waals surface area contributed by atoms with Gasteiger partial charge < -0.3 is 20.5 Å². The molecule has 7 nitrogen and oxygen atoms in total. The van der Waals surface area contributed by atoms with Gasteiger partial charge in [-0.1, -0.05) is 0 Å². The Hall–Kier alpha value is -2.41. The first kappa shape index (κ1) is 14.0. The van der Waals surface area contributed by atoms with E-state index in [1.165, 1.54) is 29.2 Å². The molecule has 0 unspecified atom stereocenters. The van der Waals surface area contributed by atoms with Crippen molar-refractivity contribution >= 4 is 17.8 Å². The van der Waals surface area contributed by atoms with Gasteiger partial charge in [-0.2, -0.15) is 0 Å². The average Bonchev–Trinajstić information content (AvgIpc) is 2.46. The van der Waals surface area contributed by atoms with Gasteiger partial charge in [0.25, 0.3) is 5.91 Å². The fourth-order valence-corrected chi connectivity index (χ4v) is 1.94. The van der Waals surface area contributed by atoms with E-state index in [-0.39, 0.29) is 24.6 Å². The molecule has 1 saturated heterocycles. The first-order chi connectivity index (χ1) is 9.49. The molecule has 7 heteroatoms. The number of rotatable bonds is 3. The summed E-state index contributed by atoms with van der Waals surface area (Å²) in [6.45, 7) is 0.713. The molecular formula is C13H14N2O5. The van der Waals surface area contributed by atoms with Crippen LogP contribution in [-0.4, -0.2) is 53.6 Å². The number of benzene rings is 1. The van der Waals surface area contributed by atoms with Gasteiger partial charge in [0.05, 0.1) is 18.7 Å². The number of hydrogen-bond acceptors (Lipinski definition) is 4. The Morgan fingerprint density at radius 2 is 1.80 bits per heavy atom. The summed E-state index contributed by atoms with van der Waals surface area (Å²) in [6, 6.07) is 5.62. The Morgan fingerprint density at radius 3 is 2.35 bits per heavy atom. The molecule has 1 atom stereocenters. The molecule has 3 N–H and O–H groups in total. The molecule has 1 aliphatic rings. The average molecular weight is 278 g/mol. The van der Waals surface area contributed by atoms with Crippen LogP contribution in [0.5, 0.6) is 0 Å². The molecule has 1 aromatic rings. The van der Waals surface area contributed by atoms with Gasteiger partial charge >= 0.3 is 5.97 Å². The summed E-state index contributed by atoms with van der Waals surface area (Å²) >= 11 is 0. The van der Waals surface area contributed by atoms with Gasteiger partial charge in [0.2, 0.25) is 5.91 Å². The molecule has 0 saturated carbocycles. The van der Waals surface area contributed by atoms with Crippen molar-refractivity contribution in [2.45, 2.75) is 6.10 Å². The zero-order valence-corrected chi connectivity index (χ0v) is 10.6. The van der Waals surface area contributed by atoms with Gasteiger partial charge in [0, 0.05) is 12.1 Å². The number of carboxylic acids is 1. The van der Waals surface area contributed by atoms with Crippen LogP contribution in [0.1, 0.15) is 20.7 Å². The lowest BCUT2D eigenvalue weighted by Gasteiger charge is -2.31. The molecule has 20 heavy (non-hydrogen) atoms. The van der Waals surface area contributed by atoms with Crippen LogP contribution in [0.15, 0.2) is 24.3 Å². The van der Waals surface area contributed by atoms with Gasteiger partial charge in [-0.15, -0.1) is 0 Å². The molecule has 0 aliphatic carbocycles. The summed E-state index contributed by atoms with van der Waals surface area (Å²) in [5.41, 5.74) is 5.63. The summed E-state index contributed by atoms with van der Waals surface area (Å²) in [5, 5.41) is 8.80. The van der Waals surface area contributed by atoms with Crippen LogP contribution in [0.2, 0.25) is 0 Å². The number of morpholine rings is 1. The molecular weight excluding hydrogens is 264 g/mol. The van der Waals surface area contributed by atoms with Gasteiger partial charge in [-0.25, -0.2) is 4.79 Å². The summed E-state index contributed by atoms with van der Waals surface area (Å²) < 4.78 is 5.16. The number of carboxylic acid groups (broad SMARTS) is 1. The lowest BCUT2D eigenvalue weighted by atomic mass is 10.1. The summed E-state index contributed by atoms with van der Waals surface area (Å²) in [6.07, 6.45) is -0.800. The van der Waals surface area contributed by atoms with E-state index in [1.807, 2.05) is 0 Å². The van der Waals surface area contributed by atoms with Crippen molar-refractivity contribution in [1.29, 1.82) is 0 Å². The molecule has 1 heterocycles. The van der Waals surface area contributed by atoms with E-state index < -0.39 is 18.0 Å². The summed E-state index contributed by atoms with van der Waals surface area (Å²) in [4.78, 5) is 35.5. The molecule has 1 aliphatic heterocycles. The molecule has 1 fully saturated rings. The largest absolute Gasteiger partial charge is 0.478 e. The Labute approximate surface area is 114 Å². The predicted molar refractivity (Wildman–Crippen MR) is 68.2 cm³/mol.